The van der Waals surface area contributed by atoms with Crippen LogP contribution in [0.25, 0.3) is 0 Å². The number of benzene rings is 1. The fourth-order valence-electron chi connectivity index (χ4n) is 2.60. The Bertz CT molecular complexity index is 433. The Labute approximate surface area is 110 Å². The average Bonchev–Trinajstić information content (AvgIpc) is 2.43. The molecule has 0 radical (unpaired) electrons. The third-order valence-corrected chi connectivity index (χ3v) is 3.55. The van der Waals surface area contributed by atoms with E-state index >= 15 is 0 Å². The van der Waals surface area contributed by atoms with E-state index in [9.17, 15) is 0 Å². The van der Waals surface area contributed by atoms with Gasteiger partial charge in [-0.05, 0) is 55.5 Å². The van der Waals surface area contributed by atoms with Crippen molar-refractivity contribution in [2.75, 3.05) is 13.7 Å². The third-order valence-electron chi connectivity index (χ3n) is 3.55. The number of methoxy groups -OCH3 is 1. The average molecular weight is 243 g/mol. The first-order valence-corrected chi connectivity index (χ1v) is 6.69. The SMILES string of the molecule is C#CCCCNC1CCCc2cc(OC)ccc21. The van der Waals surface area contributed by atoms with Gasteiger partial charge in [-0.2, -0.15) is 0 Å². The van der Waals surface area contributed by atoms with Crippen LogP contribution >= 0.6 is 0 Å². The fraction of sp³-hybridized carbons (Fsp3) is 0.500. The molecular formula is C16H21NO. The van der Waals surface area contributed by atoms with Crippen LogP contribution in [0.1, 0.15) is 42.9 Å². The van der Waals surface area contributed by atoms with Gasteiger partial charge in [0.1, 0.15) is 5.75 Å². The molecule has 0 amide bonds. The number of hydrogen-bond donors (Lipinski definition) is 1. The van der Waals surface area contributed by atoms with Crippen molar-refractivity contribution < 1.29 is 4.74 Å². The number of rotatable bonds is 5. The van der Waals surface area contributed by atoms with E-state index in [2.05, 4.69) is 29.4 Å². The number of hydrogen-bond acceptors (Lipinski definition) is 2. The van der Waals surface area contributed by atoms with Crippen molar-refractivity contribution in [2.45, 2.75) is 38.1 Å². The summed E-state index contributed by atoms with van der Waals surface area (Å²) in [5, 5.41) is 3.61. The third kappa shape index (κ3) is 3.05. The molecule has 1 aromatic carbocycles. The lowest BCUT2D eigenvalue weighted by molar-refractivity contribution is 0.410. The van der Waals surface area contributed by atoms with Crippen molar-refractivity contribution in [2.24, 2.45) is 0 Å². The molecule has 0 heterocycles. The Morgan fingerprint density at radius 2 is 2.39 bits per heavy atom. The Kier molecular flexibility index (Phi) is 4.66. The lowest BCUT2D eigenvalue weighted by Gasteiger charge is -2.27. The summed E-state index contributed by atoms with van der Waals surface area (Å²) in [6, 6.07) is 6.91. The lowest BCUT2D eigenvalue weighted by Crippen LogP contribution is -2.26. The van der Waals surface area contributed by atoms with Crippen LogP contribution in [-0.4, -0.2) is 13.7 Å². The Hall–Kier alpha value is -1.46. The zero-order valence-electron chi connectivity index (χ0n) is 11.0. The number of aryl methyl sites for hydroxylation is 1. The molecule has 1 aromatic rings. The van der Waals surface area contributed by atoms with Crippen molar-refractivity contribution in [3.63, 3.8) is 0 Å². The molecule has 2 rings (SSSR count). The molecule has 0 saturated heterocycles. The summed E-state index contributed by atoms with van der Waals surface area (Å²) in [4.78, 5) is 0. The summed E-state index contributed by atoms with van der Waals surface area (Å²) >= 11 is 0. The van der Waals surface area contributed by atoms with E-state index < -0.39 is 0 Å². The number of ether oxygens (including phenoxy) is 1. The molecule has 18 heavy (non-hydrogen) atoms. The van der Waals surface area contributed by atoms with Gasteiger partial charge >= 0.3 is 0 Å². The Morgan fingerprint density at radius 1 is 1.50 bits per heavy atom. The Morgan fingerprint density at radius 3 is 3.17 bits per heavy atom. The summed E-state index contributed by atoms with van der Waals surface area (Å²) in [6.07, 6.45) is 10.8. The van der Waals surface area contributed by atoms with Crippen LogP contribution in [0.3, 0.4) is 0 Å². The predicted molar refractivity (Wildman–Crippen MR) is 74.7 cm³/mol. The van der Waals surface area contributed by atoms with E-state index in [4.69, 9.17) is 11.2 Å². The van der Waals surface area contributed by atoms with Gasteiger partial charge in [0.25, 0.3) is 0 Å². The molecule has 1 unspecified atom stereocenters. The van der Waals surface area contributed by atoms with Gasteiger partial charge in [-0.15, -0.1) is 12.3 Å². The summed E-state index contributed by atoms with van der Waals surface area (Å²) in [7, 11) is 1.72. The molecule has 0 fully saturated rings. The zero-order valence-corrected chi connectivity index (χ0v) is 11.0. The molecule has 0 bridgehead atoms. The summed E-state index contributed by atoms with van der Waals surface area (Å²) in [5.74, 6) is 3.64. The second kappa shape index (κ2) is 6.47. The van der Waals surface area contributed by atoms with Crippen molar-refractivity contribution >= 4 is 0 Å². The van der Waals surface area contributed by atoms with Crippen molar-refractivity contribution in [1.29, 1.82) is 0 Å². The van der Waals surface area contributed by atoms with E-state index in [0.29, 0.717) is 6.04 Å². The quantitative estimate of drug-likeness (QED) is 0.634. The molecular weight excluding hydrogens is 222 g/mol. The first-order chi connectivity index (χ1) is 8.85. The van der Waals surface area contributed by atoms with Crippen molar-refractivity contribution in [3.8, 4) is 18.1 Å². The number of terminal acetylenes is 1. The lowest BCUT2D eigenvalue weighted by atomic mass is 9.87. The standard InChI is InChI=1S/C16H21NO/c1-3-4-5-11-17-16-8-6-7-13-12-14(18-2)9-10-15(13)16/h1,9-10,12,16-17H,4-8,11H2,2H3. The number of unbranched alkanes of at least 4 members (excludes halogenated alkanes) is 1. The maximum absolute atomic E-state index is 5.29. The minimum atomic E-state index is 0.484. The number of nitrogens with one attached hydrogen (secondary N) is 1. The van der Waals surface area contributed by atoms with Gasteiger partial charge < -0.3 is 10.1 Å². The molecule has 2 heteroatoms. The molecule has 1 atom stereocenters. The van der Waals surface area contributed by atoms with Crippen LogP contribution < -0.4 is 10.1 Å². The fourth-order valence-corrected chi connectivity index (χ4v) is 2.60. The molecule has 0 saturated carbocycles. The molecule has 2 nitrogen and oxygen atoms in total. The van der Waals surface area contributed by atoms with E-state index in [1.807, 2.05) is 0 Å². The second-order valence-corrected chi connectivity index (χ2v) is 4.77. The highest BCUT2D eigenvalue weighted by molar-refractivity contribution is 5.39. The summed E-state index contributed by atoms with van der Waals surface area (Å²) in [5.41, 5.74) is 2.86. The minimum Gasteiger partial charge on any atom is -0.497 e. The van der Waals surface area contributed by atoms with E-state index in [0.717, 1.165) is 31.6 Å². The smallest absolute Gasteiger partial charge is 0.119 e. The monoisotopic (exact) mass is 243 g/mol. The molecule has 0 aromatic heterocycles. The van der Waals surface area contributed by atoms with Gasteiger partial charge in [-0.1, -0.05) is 6.07 Å². The molecule has 1 N–H and O–H groups in total. The Balaban J connectivity index is 2.01. The van der Waals surface area contributed by atoms with Crippen LogP contribution in [0.4, 0.5) is 0 Å². The molecule has 0 spiro atoms. The van der Waals surface area contributed by atoms with E-state index in [1.54, 1.807) is 7.11 Å². The molecule has 1 aliphatic rings. The van der Waals surface area contributed by atoms with Gasteiger partial charge in [0.2, 0.25) is 0 Å². The minimum absolute atomic E-state index is 0.484. The second-order valence-electron chi connectivity index (χ2n) is 4.77. The van der Waals surface area contributed by atoms with Gasteiger partial charge in [-0.25, -0.2) is 0 Å². The molecule has 1 aliphatic carbocycles. The van der Waals surface area contributed by atoms with Gasteiger partial charge in [0, 0.05) is 12.5 Å². The first-order valence-electron chi connectivity index (χ1n) is 6.69. The van der Waals surface area contributed by atoms with Crippen LogP contribution in [0.2, 0.25) is 0 Å². The largest absolute Gasteiger partial charge is 0.497 e. The van der Waals surface area contributed by atoms with Gasteiger partial charge in [0.15, 0.2) is 0 Å². The maximum atomic E-state index is 5.29. The summed E-state index contributed by atoms with van der Waals surface area (Å²) in [6.45, 7) is 1.00. The van der Waals surface area contributed by atoms with Crippen molar-refractivity contribution in [3.05, 3.63) is 29.3 Å². The molecule has 96 valence electrons. The summed E-state index contributed by atoms with van der Waals surface area (Å²) < 4.78 is 5.29. The zero-order chi connectivity index (χ0) is 12.8. The van der Waals surface area contributed by atoms with Crippen LogP contribution in [-0.2, 0) is 6.42 Å². The highest BCUT2D eigenvalue weighted by Crippen LogP contribution is 2.32. The highest BCUT2D eigenvalue weighted by atomic mass is 16.5. The number of fused-ring (bicyclic) bond motifs is 1. The first kappa shape index (κ1) is 13.0. The van der Waals surface area contributed by atoms with Gasteiger partial charge in [-0.3, -0.25) is 0 Å². The maximum Gasteiger partial charge on any atom is 0.119 e. The van der Waals surface area contributed by atoms with Crippen LogP contribution in [0.5, 0.6) is 5.75 Å². The van der Waals surface area contributed by atoms with Crippen molar-refractivity contribution in [1.82, 2.24) is 5.32 Å². The van der Waals surface area contributed by atoms with Crippen LogP contribution in [0.15, 0.2) is 18.2 Å². The van der Waals surface area contributed by atoms with E-state index in [1.165, 1.54) is 24.0 Å². The normalized spacial score (nSPS) is 17.9. The predicted octanol–water partition coefficient (Wildman–Crippen LogP) is 3.08. The van der Waals surface area contributed by atoms with Gasteiger partial charge in [0.05, 0.1) is 7.11 Å². The topological polar surface area (TPSA) is 21.3 Å². The van der Waals surface area contributed by atoms with E-state index in [-0.39, 0.29) is 0 Å². The highest BCUT2D eigenvalue weighted by Gasteiger charge is 2.19. The van der Waals surface area contributed by atoms with Crippen LogP contribution in [0, 0.1) is 12.3 Å². The molecule has 0 aliphatic heterocycles.